The molecule has 3 heterocycles. The molecule has 1 aliphatic heterocycles. The normalized spacial score (nSPS) is 14.5. The Morgan fingerprint density at radius 3 is 2.50 bits per heavy atom. The van der Waals surface area contributed by atoms with Crippen LogP contribution in [0.3, 0.4) is 0 Å². The van der Waals surface area contributed by atoms with Crippen molar-refractivity contribution >= 4 is 33.1 Å². The lowest BCUT2D eigenvalue weighted by Crippen LogP contribution is -2.51. The number of thiophene rings is 1. The molecule has 0 saturated carbocycles. The van der Waals surface area contributed by atoms with E-state index < -0.39 is 5.69 Å². The van der Waals surface area contributed by atoms with Crippen LogP contribution in [0.15, 0.2) is 45.3 Å². The second-order valence-electron chi connectivity index (χ2n) is 7.28. The molecule has 1 aromatic carbocycles. The van der Waals surface area contributed by atoms with Crippen molar-refractivity contribution in [3.8, 4) is 0 Å². The van der Waals surface area contributed by atoms with Gasteiger partial charge in [-0.15, -0.1) is 11.3 Å². The monoisotopic (exact) mass is 430 g/mol. The van der Waals surface area contributed by atoms with E-state index in [2.05, 4.69) is 0 Å². The highest BCUT2D eigenvalue weighted by Gasteiger charge is 2.24. The first-order valence-corrected chi connectivity index (χ1v) is 10.9. The molecule has 3 aromatic rings. The van der Waals surface area contributed by atoms with Crippen LogP contribution in [0.1, 0.15) is 13.3 Å². The van der Waals surface area contributed by atoms with E-state index in [-0.39, 0.29) is 23.8 Å². The maximum absolute atomic E-state index is 14.0. The number of rotatable bonds is 5. The Hall–Kier alpha value is -2.94. The first kappa shape index (κ1) is 20.3. The highest BCUT2D eigenvalue weighted by atomic mass is 32.1. The Labute approximate surface area is 176 Å². The first-order valence-electron chi connectivity index (χ1n) is 9.99. The van der Waals surface area contributed by atoms with Gasteiger partial charge in [0.05, 0.1) is 11.2 Å². The van der Waals surface area contributed by atoms with Gasteiger partial charge in [0, 0.05) is 32.7 Å². The standard InChI is InChI=1S/C21H23FN4O3S/c1-2-8-25-20(28)19-17(7-13-30-19)26(21(25)29)14-18(27)24-11-9-23(10-12-24)16-6-4-3-5-15(16)22/h3-7,13H,2,8-12,14H2,1H3. The molecule has 158 valence electrons. The molecular weight excluding hydrogens is 407 g/mol. The first-order chi connectivity index (χ1) is 14.5. The Kier molecular flexibility index (Phi) is 5.72. The third-order valence-corrected chi connectivity index (χ3v) is 6.29. The van der Waals surface area contributed by atoms with E-state index in [1.165, 1.54) is 26.5 Å². The molecule has 1 aliphatic rings. The van der Waals surface area contributed by atoms with Crippen molar-refractivity contribution < 1.29 is 9.18 Å². The zero-order chi connectivity index (χ0) is 21.3. The van der Waals surface area contributed by atoms with Gasteiger partial charge in [0.15, 0.2) is 0 Å². The number of amides is 1. The summed E-state index contributed by atoms with van der Waals surface area (Å²) >= 11 is 1.28. The Balaban J connectivity index is 1.53. The predicted molar refractivity (Wildman–Crippen MR) is 116 cm³/mol. The van der Waals surface area contributed by atoms with Crippen LogP contribution < -0.4 is 16.1 Å². The van der Waals surface area contributed by atoms with Gasteiger partial charge in [0.25, 0.3) is 5.56 Å². The second kappa shape index (κ2) is 8.43. The number of hydrogen-bond donors (Lipinski definition) is 0. The number of hydrogen-bond acceptors (Lipinski definition) is 5. The number of carbonyl (C=O) groups excluding carboxylic acids is 1. The molecule has 0 radical (unpaired) electrons. The molecule has 0 unspecified atom stereocenters. The molecule has 0 bridgehead atoms. The highest BCUT2D eigenvalue weighted by Crippen LogP contribution is 2.20. The predicted octanol–water partition coefficient (Wildman–Crippen LogP) is 2.12. The Bertz CT molecular complexity index is 1190. The van der Waals surface area contributed by atoms with Gasteiger partial charge in [-0.2, -0.15) is 0 Å². The molecule has 30 heavy (non-hydrogen) atoms. The van der Waals surface area contributed by atoms with E-state index in [1.807, 2.05) is 11.8 Å². The topological polar surface area (TPSA) is 67.6 Å². The Morgan fingerprint density at radius 1 is 1.07 bits per heavy atom. The largest absolute Gasteiger partial charge is 0.366 e. The summed E-state index contributed by atoms with van der Waals surface area (Å²) in [7, 11) is 0. The van der Waals surface area contributed by atoms with Crippen molar-refractivity contribution in [2.45, 2.75) is 26.4 Å². The average molecular weight is 431 g/mol. The van der Waals surface area contributed by atoms with Gasteiger partial charge in [-0.05, 0) is 30.0 Å². The maximum Gasteiger partial charge on any atom is 0.332 e. The highest BCUT2D eigenvalue weighted by molar-refractivity contribution is 7.17. The summed E-state index contributed by atoms with van der Waals surface area (Å²) < 4.78 is 17.1. The SMILES string of the molecule is CCCn1c(=O)c2sccc2n(CC(=O)N2CCN(c3ccccc3F)CC2)c1=O. The minimum atomic E-state index is -0.453. The van der Waals surface area contributed by atoms with Crippen molar-refractivity contribution in [1.29, 1.82) is 0 Å². The molecule has 1 fully saturated rings. The smallest absolute Gasteiger partial charge is 0.332 e. The quantitative estimate of drug-likeness (QED) is 0.622. The molecule has 0 atom stereocenters. The average Bonchev–Trinajstić information content (AvgIpc) is 3.24. The lowest BCUT2D eigenvalue weighted by Gasteiger charge is -2.36. The lowest BCUT2D eigenvalue weighted by atomic mass is 10.2. The second-order valence-corrected chi connectivity index (χ2v) is 8.20. The van der Waals surface area contributed by atoms with Crippen molar-refractivity contribution in [2.75, 3.05) is 31.1 Å². The summed E-state index contributed by atoms with van der Waals surface area (Å²) in [6, 6.07) is 8.31. The molecule has 9 heteroatoms. The van der Waals surface area contributed by atoms with Crippen LogP contribution in [0.25, 0.3) is 10.2 Å². The minimum absolute atomic E-state index is 0.115. The molecule has 7 nitrogen and oxygen atoms in total. The Morgan fingerprint density at radius 2 is 1.80 bits per heavy atom. The zero-order valence-electron chi connectivity index (χ0n) is 16.7. The van der Waals surface area contributed by atoms with Gasteiger partial charge >= 0.3 is 5.69 Å². The van der Waals surface area contributed by atoms with E-state index >= 15 is 0 Å². The van der Waals surface area contributed by atoms with Gasteiger partial charge in [0.2, 0.25) is 5.91 Å². The van der Waals surface area contributed by atoms with Crippen molar-refractivity contribution in [3.05, 3.63) is 62.4 Å². The van der Waals surface area contributed by atoms with Gasteiger partial charge in [0.1, 0.15) is 17.1 Å². The van der Waals surface area contributed by atoms with E-state index in [0.717, 1.165) is 0 Å². The lowest BCUT2D eigenvalue weighted by molar-refractivity contribution is -0.132. The number of anilines is 1. The number of aromatic nitrogens is 2. The van der Waals surface area contributed by atoms with Crippen LogP contribution in [0, 0.1) is 5.82 Å². The van der Waals surface area contributed by atoms with Gasteiger partial charge in [-0.3, -0.25) is 18.7 Å². The summed E-state index contributed by atoms with van der Waals surface area (Å²) in [5, 5.41) is 1.76. The van der Waals surface area contributed by atoms with E-state index in [0.29, 0.717) is 55.0 Å². The van der Waals surface area contributed by atoms with Crippen LogP contribution in [0.5, 0.6) is 0 Å². The summed E-state index contributed by atoms with van der Waals surface area (Å²) in [6.07, 6.45) is 0.651. The molecule has 4 rings (SSSR count). The molecule has 0 spiro atoms. The number of para-hydroxylation sites is 1. The molecule has 0 N–H and O–H groups in total. The fourth-order valence-corrected chi connectivity index (χ4v) is 4.69. The van der Waals surface area contributed by atoms with Crippen molar-refractivity contribution in [1.82, 2.24) is 14.0 Å². The summed E-state index contributed by atoms with van der Waals surface area (Å²) in [5.41, 5.74) is 0.285. The fraction of sp³-hybridized carbons (Fsp3) is 0.381. The third-order valence-electron chi connectivity index (χ3n) is 5.40. The number of nitrogens with zero attached hydrogens (tertiary/aromatic N) is 4. The zero-order valence-corrected chi connectivity index (χ0v) is 17.5. The van der Waals surface area contributed by atoms with Gasteiger partial charge in [-0.25, -0.2) is 9.18 Å². The van der Waals surface area contributed by atoms with Crippen LogP contribution in [-0.4, -0.2) is 46.1 Å². The van der Waals surface area contributed by atoms with E-state index in [4.69, 9.17) is 0 Å². The summed E-state index contributed by atoms with van der Waals surface area (Å²) in [4.78, 5) is 42.0. The number of benzene rings is 1. The minimum Gasteiger partial charge on any atom is -0.366 e. The van der Waals surface area contributed by atoms with Crippen LogP contribution >= 0.6 is 11.3 Å². The summed E-state index contributed by atoms with van der Waals surface area (Å²) in [6.45, 7) is 4.04. The van der Waals surface area contributed by atoms with Crippen LogP contribution in [0.4, 0.5) is 10.1 Å². The van der Waals surface area contributed by atoms with Crippen LogP contribution in [-0.2, 0) is 17.9 Å². The van der Waals surface area contributed by atoms with Crippen molar-refractivity contribution in [2.24, 2.45) is 0 Å². The summed E-state index contributed by atoms with van der Waals surface area (Å²) in [5.74, 6) is -0.457. The molecule has 1 saturated heterocycles. The van der Waals surface area contributed by atoms with Gasteiger partial charge < -0.3 is 9.80 Å². The van der Waals surface area contributed by atoms with E-state index in [9.17, 15) is 18.8 Å². The molecule has 0 aliphatic carbocycles. The van der Waals surface area contributed by atoms with Crippen LogP contribution in [0.2, 0.25) is 0 Å². The van der Waals surface area contributed by atoms with Crippen molar-refractivity contribution in [3.63, 3.8) is 0 Å². The molecule has 2 aromatic heterocycles. The molecule has 1 amide bonds. The fourth-order valence-electron chi connectivity index (χ4n) is 3.85. The maximum atomic E-state index is 14.0. The molecular formula is C21H23FN4O3S. The number of fused-ring (bicyclic) bond motifs is 1. The van der Waals surface area contributed by atoms with Gasteiger partial charge in [-0.1, -0.05) is 19.1 Å². The number of halogens is 1. The van der Waals surface area contributed by atoms with E-state index in [1.54, 1.807) is 34.5 Å². The number of piperazine rings is 1. The third kappa shape index (κ3) is 3.65. The number of carbonyl (C=O) groups is 1.